The van der Waals surface area contributed by atoms with Crippen molar-refractivity contribution in [2.75, 3.05) is 13.1 Å². The molecule has 1 spiro atoms. The highest BCUT2D eigenvalue weighted by atomic mass is 16.2. The third-order valence-corrected chi connectivity index (χ3v) is 5.48. The highest BCUT2D eigenvalue weighted by Crippen LogP contribution is 2.58. The molecule has 2 saturated carbocycles. The van der Waals surface area contributed by atoms with Gasteiger partial charge in [0.15, 0.2) is 0 Å². The van der Waals surface area contributed by atoms with Gasteiger partial charge in [-0.05, 0) is 63.5 Å². The first-order chi connectivity index (χ1) is 8.20. The summed E-state index contributed by atoms with van der Waals surface area (Å²) in [6, 6.07) is 0. The van der Waals surface area contributed by atoms with Crippen molar-refractivity contribution in [2.24, 2.45) is 11.3 Å². The minimum Gasteiger partial charge on any atom is -0.350 e. The Bertz CT molecular complexity index is 311. The number of hydrogen-bond acceptors (Lipinski definition) is 2. The van der Waals surface area contributed by atoms with Crippen molar-refractivity contribution in [1.29, 1.82) is 0 Å². The van der Waals surface area contributed by atoms with Crippen LogP contribution < -0.4 is 10.6 Å². The molecule has 3 aliphatic rings. The van der Waals surface area contributed by atoms with Gasteiger partial charge in [0.2, 0.25) is 5.91 Å². The van der Waals surface area contributed by atoms with E-state index in [2.05, 4.69) is 17.6 Å². The molecule has 17 heavy (non-hydrogen) atoms. The fourth-order valence-electron chi connectivity index (χ4n) is 3.71. The van der Waals surface area contributed by atoms with E-state index >= 15 is 0 Å². The second-order valence-electron chi connectivity index (χ2n) is 6.35. The first-order valence-corrected chi connectivity index (χ1v) is 7.23. The predicted octanol–water partition coefficient (Wildman–Crippen LogP) is 1.82. The monoisotopic (exact) mass is 236 g/mol. The van der Waals surface area contributed by atoms with E-state index in [9.17, 15) is 4.79 Å². The van der Waals surface area contributed by atoms with Crippen LogP contribution in [0.3, 0.4) is 0 Å². The maximum Gasteiger partial charge on any atom is 0.224 e. The fraction of sp³-hybridized carbons (Fsp3) is 0.929. The molecular weight excluding hydrogens is 212 g/mol. The third-order valence-electron chi connectivity index (χ3n) is 5.48. The van der Waals surface area contributed by atoms with Gasteiger partial charge in [-0.2, -0.15) is 0 Å². The second kappa shape index (κ2) is 3.98. The Hall–Kier alpha value is -0.570. The average Bonchev–Trinajstić information content (AvgIpc) is 2.98. The van der Waals surface area contributed by atoms with Crippen LogP contribution in [0.15, 0.2) is 0 Å². The Morgan fingerprint density at radius 2 is 2.00 bits per heavy atom. The molecule has 0 aromatic heterocycles. The van der Waals surface area contributed by atoms with E-state index in [1.165, 1.54) is 32.1 Å². The number of hydrogen-bond donors (Lipinski definition) is 2. The molecular formula is C14H24N2O. The lowest BCUT2D eigenvalue weighted by Gasteiger charge is -2.42. The zero-order valence-electron chi connectivity index (χ0n) is 10.8. The molecule has 0 aromatic carbocycles. The van der Waals surface area contributed by atoms with Gasteiger partial charge in [-0.3, -0.25) is 4.79 Å². The Labute approximate surface area is 104 Å². The van der Waals surface area contributed by atoms with Crippen LogP contribution in [-0.4, -0.2) is 24.5 Å². The number of rotatable bonds is 3. The number of amides is 1. The molecule has 0 bridgehead atoms. The Balaban J connectivity index is 1.57. The molecule has 96 valence electrons. The summed E-state index contributed by atoms with van der Waals surface area (Å²) in [4.78, 5) is 12.3. The summed E-state index contributed by atoms with van der Waals surface area (Å²) in [7, 11) is 0. The summed E-state index contributed by atoms with van der Waals surface area (Å²) >= 11 is 0. The molecule has 3 nitrogen and oxygen atoms in total. The highest BCUT2D eigenvalue weighted by Gasteiger charge is 2.58. The smallest absolute Gasteiger partial charge is 0.224 e. The Morgan fingerprint density at radius 1 is 1.29 bits per heavy atom. The van der Waals surface area contributed by atoms with Crippen LogP contribution in [0.5, 0.6) is 0 Å². The molecule has 2 aliphatic carbocycles. The topological polar surface area (TPSA) is 41.1 Å². The number of nitrogens with one attached hydrogen (secondary N) is 2. The van der Waals surface area contributed by atoms with Gasteiger partial charge in [-0.15, -0.1) is 0 Å². The van der Waals surface area contributed by atoms with Crippen molar-refractivity contribution in [1.82, 2.24) is 10.6 Å². The molecule has 3 fully saturated rings. The molecule has 1 aliphatic heterocycles. The molecule has 1 atom stereocenters. The average molecular weight is 236 g/mol. The van der Waals surface area contributed by atoms with E-state index < -0.39 is 0 Å². The van der Waals surface area contributed by atoms with E-state index in [1.807, 2.05) is 0 Å². The summed E-state index contributed by atoms with van der Waals surface area (Å²) < 4.78 is 0. The maximum atomic E-state index is 12.3. The zero-order valence-corrected chi connectivity index (χ0v) is 10.8. The van der Waals surface area contributed by atoms with Gasteiger partial charge >= 0.3 is 0 Å². The van der Waals surface area contributed by atoms with Crippen LogP contribution in [-0.2, 0) is 4.79 Å². The van der Waals surface area contributed by atoms with Gasteiger partial charge in [0.25, 0.3) is 0 Å². The van der Waals surface area contributed by atoms with E-state index in [4.69, 9.17) is 0 Å². The quantitative estimate of drug-likeness (QED) is 0.785. The lowest BCUT2D eigenvalue weighted by molar-refractivity contribution is -0.126. The molecule has 0 aromatic rings. The largest absolute Gasteiger partial charge is 0.350 e. The highest BCUT2D eigenvalue weighted by molar-refractivity contribution is 5.83. The van der Waals surface area contributed by atoms with Crippen LogP contribution in [0.2, 0.25) is 0 Å². The summed E-state index contributed by atoms with van der Waals surface area (Å²) in [5, 5.41) is 6.74. The fourth-order valence-corrected chi connectivity index (χ4v) is 3.71. The zero-order chi connectivity index (χ0) is 11.9. The summed E-state index contributed by atoms with van der Waals surface area (Å²) in [6.07, 6.45) is 8.30. The van der Waals surface area contributed by atoms with Crippen LogP contribution in [0.1, 0.15) is 51.9 Å². The van der Waals surface area contributed by atoms with E-state index in [0.717, 1.165) is 25.9 Å². The van der Waals surface area contributed by atoms with E-state index in [-0.39, 0.29) is 5.54 Å². The lowest BCUT2D eigenvalue weighted by atomic mass is 9.74. The van der Waals surface area contributed by atoms with Gasteiger partial charge in [-0.25, -0.2) is 0 Å². The Morgan fingerprint density at radius 3 is 2.53 bits per heavy atom. The molecule has 3 heteroatoms. The van der Waals surface area contributed by atoms with Crippen molar-refractivity contribution in [2.45, 2.75) is 57.4 Å². The van der Waals surface area contributed by atoms with Gasteiger partial charge in [0.05, 0.1) is 0 Å². The van der Waals surface area contributed by atoms with E-state index in [1.54, 1.807) is 0 Å². The summed E-state index contributed by atoms with van der Waals surface area (Å²) in [5.74, 6) is 0.682. The van der Waals surface area contributed by atoms with Crippen molar-refractivity contribution >= 4 is 5.91 Å². The minimum absolute atomic E-state index is 0.174. The maximum absolute atomic E-state index is 12.3. The van der Waals surface area contributed by atoms with Crippen LogP contribution in [0.25, 0.3) is 0 Å². The standard InChI is InChI=1S/C14H24N2O/c1-2-14(4-3-5-14)16-12(17)11-10-13(11)6-8-15-9-7-13/h11,15H,2-10H2,1H3,(H,16,17). The number of carbonyl (C=O) groups is 1. The van der Waals surface area contributed by atoms with Crippen molar-refractivity contribution in [3.05, 3.63) is 0 Å². The minimum atomic E-state index is 0.174. The van der Waals surface area contributed by atoms with Crippen LogP contribution in [0, 0.1) is 11.3 Å². The van der Waals surface area contributed by atoms with Crippen LogP contribution in [0.4, 0.5) is 0 Å². The second-order valence-corrected chi connectivity index (χ2v) is 6.35. The molecule has 1 unspecified atom stereocenters. The third kappa shape index (κ3) is 1.88. The predicted molar refractivity (Wildman–Crippen MR) is 67.7 cm³/mol. The number of carbonyl (C=O) groups excluding carboxylic acids is 1. The van der Waals surface area contributed by atoms with Gasteiger partial charge in [0.1, 0.15) is 0 Å². The molecule has 3 rings (SSSR count). The first kappa shape index (κ1) is 11.5. The summed E-state index contributed by atoms with van der Waals surface area (Å²) in [6.45, 7) is 4.40. The molecule has 1 amide bonds. The molecule has 2 N–H and O–H groups in total. The normalized spacial score (nSPS) is 32.9. The van der Waals surface area contributed by atoms with Crippen molar-refractivity contribution < 1.29 is 4.79 Å². The lowest BCUT2D eigenvalue weighted by Crippen LogP contribution is -2.53. The van der Waals surface area contributed by atoms with E-state index in [0.29, 0.717) is 17.2 Å². The van der Waals surface area contributed by atoms with Crippen LogP contribution >= 0.6 is 0 Å². The van der Waals surface area contributed by atoms with Crippen molar-refractivity contribution in [3.8, 4) is 0 Å². The van der Waals surface area contributed by atoms with Crippen molar-refractivity contribution in [3.63, 3.8) is 0 Å². The Kier molecular flexibility index (Phi) is 2.69. The summed E-state index contributed by atoms with van der Waals surface area (Å²) in [5.41, 5.74) is 0.557. The molecule has 1 heterocycles. The van der Waals surface area contributed by atoms with Gasteiger partial charge in [0, 0.05) is 11.5 Å². The van der Waals surface area contributed by atoms with Gasteiger partial charge in [-0.1, -0.05) is 6.92 Å². The first-order valence-electron chi connectivity index (χ1n) is 7.23. The SMILES string of the molecule is CCC1(NC(=O)C2CC23CCNCC3)CCC1. The van der Waals surface area contributed by atoms with Gasteiger partial charge < -0.3 is 10.6 Å². The molecule has 1 saturated heterocycles. The molecule has 0 radical (unpaired) electrons. The number of piperidine rings is 1.